The molecular weight excluding hydrogens is 436 g/mol. The number of ether oxygens (including phenoxy) is 1. The second-order valence-corrected chi connectivity index (χ2v) is 9.09. The minimum absolute atomic E-state index is 0.0972. The molecule has 0 radical (unpaired) electrons. The molecule has 1 aromatic carbocycles. The lowest BCUT2D eigenvalue weighted by molar-refractivity contribution is -0.128. The molecule has 10 nitrogen and oxygen atoms in total. The summed E-state index contributed by atoms with van der Waals surface area (Å²) in [4.78, 5) is 42.0. The van der Waals surface area contributed by atoms with Gasteiger partial charge in [0.1, 0.15) is 11.8 Å². The van der Waals surface area contributed by atoms with Gasteiger partial charge in [0, 0.05) is 18.0 Å². The molecule has 0 spiro atoms. The van der Waals surface area contributed by atoms with Crippen molar-refractivity contribution in [1.82, 2.24) is 20.9 Å². The van der Waals surface area contributed by atoms with Gasteiger partial charge in [0.25, 0.3) is 0 Å². The zero-order valence-corrected chi connectivity index (χ0v) is 20.1. The molecule has 3 rings (SSSR count). The summed E-state index contributed by atoms with van der Waals surface area (Å²) in [6.07, 6.45) is 2.52. The number of nitrogens with zero attached hydrogens (tertiary/aromatic N) is 1. The Kier molecular flexibility index (Phi) is 8.41. The van der Waals surface area contributed by atoms with Crippen LogP contribution in [0.2, 0.25) is 0 Å². The van der Waals surface area contributed by atoms with Gasteiger partial charge in [-0.05, 0) is 49.4 Å². The molecule has 1 fully saturated rings. The van der Waals surface area contributed by atoms with Crippen molar-refractivity contribution in [2.24, 2.45) is 11.7 Å². The molecule has 1 aromatic heterocycles. The summed E-state index contributed by atoms with van der Waals surface area (Å²) in [6.45, 7) is 6.31. The second kappa shape index (κ2) is 11.3. The SMILES string of the molecule is COc1cc(C)c2ncc(NC(=O)[C@@H](CC(C)C)NC(=O)[C@@H]3C[C@@H](NC(=O)CN)CN3)cc2c1. The van der Waals surface area contributed by atoms with Crippen LogP contribution in [0.4, 0.5) is 5.69 Å². The molecule has 34 heavy (non-hydrogen) atoms. The average Bonchev–Trinajstić information content (AvgIpc) is 3.26. The van der Waals surface area contributed by atoms with E-state index in [1.807, 2.05) is 39.0 Å². The van der Waals surface area contributed by atoms with Gasteiger partial charge in [-0.2, -0.15) is 0 Å². The van der Waals surface area contributed by atoms with Crippen molar-refractivity contribution in [1.29, 1.82) is 0 Å². The highest BCUT2D eigenvalue weighted by Gasteiger charge is 2.32. The summed E-state index contributed by atoms with van der Waals surface area (Å²) in [5, 5.41) is 12.5. The van der Waals surface area contributed by atoms with Gasteiger partial charge in [-0.1, -0.05) is 13.8 Å². The predicted octanol–water partition coefficient (Wildman–Crippen LogP) is 0.827. The summed E-state index contributed by atoms with van der Waals surface area (Å²) in [5.74, 6) is 0.0499. The van der Waals surface area contributed by atoms with Crippen LogP contribution in [0.3, 0.4) is 0 Å². The van der Waals surface area contributed by atoms with Crippen LogP contribution in [0.15, 0.2) is 24.4 Å². The molecule has 2 heterocycles. The van der Waals surface area contributed by atoms with Crippen molar-refractivity contribution < 1.29 is 19.1 Å². The minimum atomic E-state index is -0.713. The Bertz CT molecular complexity index is 1060. The van der Waals surface area contributed by atoms with Gasteiger partial charge in [-0.25, -0.2) is 0 Å². The fraction of sp³-hybridized carbons (Fsp3) is 0.500. The van der Waals surface area contributed by atoms with E-state index in [4.69, 9.17) is 10.5 Å². The number of nitrogens with two attached hydrogens (primary N) is 1. The Labute approximate surface area is 199 Å². The standard InChI is InChI=1S/C24H34N6O4/c1-13(2)5-20(30-23(32)19-9-17(11-26-19)28-21(31)10-25)24(33)29-16-7-15-8-18(34-4)6-14(3)22(15)27-12-16/h6-8,12-13,17,19-20,26H,5,9-11,25H2,1-4H3,(H,28,31)(H,29,33)(H,30,32)/t17-,19+,20-/m1/s1. The summed E-state index contributed by atoms with van der Waals surface area (Å²) in [6, 6.07) is 4.23. The first-order chi connectivity index (χ1) is 16.2. The van der Waals surface area contributed by atoms with E-state index >= 15 is 0 Å². The number of hydrogen-bond donors (Lipinski definition) is 5. The number of benzene rings is 1. The summed E-state index contributed by atoms with van der Waals surface area (Å²) in [7, 11) is 1.60. The predicted molar refractivity (Wildman–Crippen MR) is 130 cm³/mol. The van der Waals surface area contributed by atoms with Crippen molar-refractivity contribution >= 4 is 34.3 Å². The molecule has 0 unspecified atom stereocenters. The summed E-state index contributed by atoms with van der Waals surface area (Å²) < 4.78 is 5.34. The first-order valence-corrected chi connectivity index (χ1v) is 11.5. The minimum Gasteiger partial charge on any atom is -0.497 e. The number of anilines is 1. The highest BCUT2D eigenvalue weighted by atomic mass is 16.5. The molecule has 6 N–H and O–H groups in total. The number of nitrogens with one attached hydrogen (secondary N) is 4. The maximum atomic E-state index is 13.1. The molecule has 1 saturated heterocycles. The molecule has 184 valence electrons. The lowest BCUT2D eigenvalue weighted by Crippen LogP contribution is -2.50. The number of aromatic nitrogens is 1. The Morgan fingerprint density at radius 3 is 2.71 bits per heavy atom. The Balaban J connectivity index is 1.68. The van der Waals surface area contributed by atoms with Crippen molar-refractivity contribution in [3.8, 4) is 5.75 Å². The van der Waals surface area contributed by atoms with Crippen LogP contribution in [0.5, 0.6) is 5.75 Å². The monoisotopic (exact) mass is 470 g/mol. The van der Waals surface area contributed by atoms with Gasteiger partial charge in [-0.15, -0.1) is 0 Å². The van der Waals surface area contributed by atoms with Crippen LogP contribution in [-0.2, 0) is 14.4 Å². The molecule has 3 amide bonds. The number of fused-ring (bicyclic) bond motifs is 1. The van der Waals surface area contributed by atoms with Crippen LogP contribution in [-0.4, -0.2) is 61.0 Å². The molecule has 0 bridgehead atoms. The fourth-order valence-electron chi connectivity index (χ4n) is 4.12. The third-order valence-corrected chi connectivity index (χ3v) is 5.79. The zero-order valence-electron chi connectivity index (χ0n) is 20.1. The Hall–Kier alpha value is -3.24. The summed E-state index contributed by atoms with van der Waals surface area (Å²) >= 11 is 0. The van der Waals surface area contributed by atoms with Gasteiger partial charge in [0.05, 0.1) is 37.1 Å². The highest BCUT2D eigenvalue weighted by Crippen LogP contribution is 2.25. The third-order valence-electron chi connectivity index (χ3n) is 5.79. The first-order valence-electron chi connectivity index (χ1n) is 11.5. The molecule has 2 aromatic rings. The van der Waals surface area contributed by atoms with Crippen LogP contribution < -0.4 is 31.7 Å². The van der Waals surface area contributed by atoms with E-state index in [1.54, 1.807) is 13.3 Å². The molecule has 0 saturated carbocycles. The topological polar surface area (TPSA) is 147 Å². The van der Waals surface area contributed by atoms with Crippen molar-refractivity contribution in [2.45, 2.75) is 51.7 Å². The Morgan fingerprint density at radius 2 is 2.03 bits per heavy atom. The van der Waals surface area contributed by atoms with Gasteiger partial charge in [0.15, 0.2) is 0 Å². The van der Waals surface area contributed by atoms with Crippen molar-refractivity contribution in [3.05, 3.63) is 30.0 Å². The quantitative estimate of drug-likeness (QED) is 0.365. The van der Waals surface area contributed by atoms with Crippen LogP contribution in [0.1, 0.15) is 32.3 Å². The van der Waals surface area contributed by atoms with Gasteiger partial charge in [-0.3, -0.25) is 19.4 Å². The second-order valence-electron chi connectivity index (χ2n) is 9.09. The molecule has 1 aliphatic heterocycles. The van der Waals surface area contributed by atoms with Crippen LogP contribution >= 0.6 is 0 Å². The highest BCUT2D eigenvalue weighted by molar-refractivity contribution is 5.99. The lowest BCUT2D eigenvalue weighted by atomic mass is 10.0. The number of carbonyl (C=O) groups is 3. The molecule has 1 aliphatic rings. The van der Waals surface area contributed by atoms with Gasteiger partial charge < -0.3 is 31.7 Å². The van der Waals surface area contributed by atoms with E-state index in [9.17, 15) is 14.4 Å². The number of rotatable bonds is 9. The number of hydrogen-bond acceptors (Lipinski definition) is 7. The van der Waals surface area contributed by atoms with E-state index < -0.39 is 12.1 Å². The number of pyridine rings is 1. The molecule has 3 atom stereocenters. The lowest BCUT2D eigenvalue weighted by Gasteiger charge is -2.22. The first kappa shape index (κ1) is 25.4. The smallest absolute Gasteiger partial charge is 0.247 e. The van der Waals surface area contributed by atoms with E-state index in [0.29, 0.717) is 30.8 Å². The number of methoxy groups -OCH3 is 1. The van der Waals surface area contributed by atoms with E-state index in [2.05, 4.69) is 26.3 Å². The number of aryl methyl sites for hydroxylation is 1. The zero-order chi connectivity index (χ0) is 24.8. The maximum Gasteiger partial charge on any atom is 0.247 e. The molecule has 10 heteroatoms. The number of amides is 3. The van der Waals surface area contributed by atoms with Crippen molar-refractivity contribution in [2.75, 3.05) is 25.5 Å². The largest absolute Gasteiger partial charge is 0.497 e. The fourth-order valence-corrected chi connectivity index (χ4v) is 4.12. The van der Waals surface area contributed by atoms with E-state index in [0.717, 1.165) is 16.5 Å². The normalized spacial score (nSPS) is 18.5. The van der Waals surface area contributed by atoms with E-state index in [1.165, 1.54) is 0 Å². The Morgan fingerprint density at radius 1 is 1.26 bits per heavy atom. The van der Waals surface area contributed by atoms with Crippen LogP contribution in [0, 0.1) is 12.8 Å². The molecular formula is C24H34N6O4. The number of carbonyl (C=O) groups excluding carboxylic acids is 3. The molecule has 0 aliphatic carbocycles. The third kappa shape index (κ3) is 6.42. The van der Waals surface area contributed by atoms with Crippen LogP contribution in [0.25, 0.3) is 10.9 Å². The summed E-state index contributed by atoms with van der Waals surface area (Å²) in [5.41, 5.74) is 7.68. The van der Waals surface area contributed by atoms with Gasteiger partial charge in [0.2, 0.25) is 17.7 Å². The van der Waals surface area contributed by atoms with E-state index in [-0.39, 0.29) is 36.2 Å². The average molecular weight is 471 g/mol. The maximum absolute atomic E-state index is 13.1. The van der Waals surface area contributed by atoms with Gasteiger partial charge >= 0.3 is 0 Å². The van der Waals surface area contributed by atoms with Crippen molar-refractivity contribution in [3.63, 3.8) is 0 Å².